The fraction of sp³-hybridized carbons (Fsp3) is 0.833. The van der Waals surface area contributed by atoms with Crippen LogP contribution in [0.1, 0.15) is 51.4 Å². The molecule has 2 aliphatic heterocycles. The maximum Gasteiger partial charge on any atom is 0.239 e. The van der Waals surface area contributed by atoms with E-state index in [9.17, 15) is 9.59 Å². The minimum absolute atomic E-state index is 0. The molecular formula is C18H32IN5O2. The average Bonchev–Trinajstić information content (AvgIpc) is 2.96. The Morgan fingerprint density at radius 3 is 2.73 bits per heavy atom. The molecule has 1 unspecified atom stereocenters. The van der Waals surface area contributed by atoms with Gasteiger partial charge in [-0.15, -0.1) is 24.0 Å². The van der Waals surface area contributed by atoms with Crippen molar-refractivity contribution in [1.82, 2.24) is 20.9 Å². The van der Waals surface area contributed by atoms with Gasteiger partial charge in [-0.25, -0.2) is 0 Å². The molecule has 8 heteroatoms. The summed E-state index contributed by atoms with van der Waals surface area (Å²) in [7, 11) is 1.75. The van der Waals surface area contributed by atoms with E-state index in [1.54, 1.807) is 7.05 Å². The number of carbonyl (C=O) groups is 2. The van der Waals surface area contributed by atoms with E-state index in [0.29, 0.717) is 12.5 Å². The third kappa shape index (κ3) is 5.47. The number of nitrogens with zero attached hydrogens (tertiary/aromatic N) is 2. The number of piperidine rings is 1. The quantitative estimate of drug-likeness (QED) is 0.325. The highest BCUT2D eigenvalue weighted by atomic mass is 127. The molecule has 1 aliphatic carbocycles. The molecule has 7 nitrogen and oxygen atoms in total. The summed E-state index contributed by atoms with van der Waals surface area (Å²) >= 11 is 0. The zero-order chi connectivity index (χ0) is 17.7. The summed E-state index contributed by atoms with van der Waals surface area (Å²) in [5.41, 5.74) is 0.0251. The van der Waals surface area contributed by atoms with Gasteiger partial charge in [0.25, 0.3) is 0 Å². The van der Waals surface area contributed by atoms with E-state index in [4.69, 9.17) is 0 Å². The highest BCUT2D eigenvalue weighted by Gasteiger charge is 2.42. The number of guanidine groups is 1. The van der Waals surface area contributed by atoms with Gasteiger partial charge in [0.2, 0.25) is 11.8 Å². The Balaban J connectivity index is 0.00000243. The van der Waals surface area contributed by atoms with E-state index >= 15 is 0 Å². The van der Waals surface area contributed by atoms with Gasteiger partial charge in [-0.3, -0.25) is 14.6 Å². The molecule has 2 heterocycles. The first kappa shape index (κ1) is 21.2. The minimum atomic E-state index is 0. The predicted octanol–water partition coefficient (Wildman–Crippen LogP) is 1.23. The molecule has 2 saturated heterocycles. The highest BCUT2D eigenvalue weighted by Crippen LogP contribution is 2.35. The molecular weight excluding hydrogens is 445 g/mol. The van der Waals surface area contributed by atoms with Crippen LogP contribution in [0.25, 0.3) is 0 Å². The van der Waals surface area contributed by atoms with Crippen molar-refractivity contribution in [2.24, 2.45) is 10.4 Å². The Bertz CT molecular complexity index is 536. The number of hydrogen-bond donors (Lipinski definition) is 3. The molecule has 0 aromatic rings. The molecule has 3 N–H and O–H groups in total. The molecule has 2 amide bonds. The lowest BCUT2D eigenvalue weighted by atomic mass is 9.79. The topological polar surface area (TPSA) is 85.8 Å². The first-order valence-electron chi connectivity index (χ1n) is 9.62. The van der Waals surface area contributed by atoms with E-state index in [1.807, 2.05) is 0 Å². The number of halogens is 1. The molecule has 1 atom stereocenters. The third-order valence-electron chi connectivity index (χ3n) is 5.75. The molecule has 1 spiro atoms. The Hall–Kier alpha value is -1.06. The normalized spacial score (nSPS) is 27.0. The van der Waals surface area contributed by atoms with E-state index in [2.05, 4.69) is 25.8 Å². The largest absolute Gasteiger partial charge is 0.355 e. The molecule has 0 aromatic heterocycles. The maximum atomic E-state index is 12.2. The van der Waals surface area contributed by atoms with Crippen LogP contribution in [0.5, 0.6) is 0 Å². The Labute approximate surface area is 173 Å². The van der Waals surface area contributed by atoms with Crippen molar-refractivity contribution in [3.63, 3.8) is 0 Å². The van der Waals surface area contributed by atoms with E-state index < -0.39 is 0 Å². The van der Waals surface area contributed by atoms with Crippen LogP contribution in [-0.4, -0.2) is 61.9 Å². The van der Waals surface area contributed by atoms with Gasteiger partial charge < -0.3 is 20.9 Å². The summed E-state index contributed by atoms with van der Waals surface area (Å²) < 4.78 is 0. The standard InChI is InChI=1S/C18H31N5O2.HI/c1-19-17(20-11-16(25)22-14-6-3-2-4-7-14)23-9-5-8-18(13-23)10-15(24)21-12-18;/h14H,2-13H2,1H3,(H,19,20)(H,21,24)(H,22,25);1H. The summed E-state index contributed by atoms with van der Waals surface area (Å²) in [6, 6.07) is 0.332. The SMILES string of the molecule is CN=C(NCC(=O)NC1CCCCC1)N1CCCC2(CNC(=O)C2)C1.I. The molecule has 0 aromatic carbocycles. The maximum absolute atomic E-state index is 12.2. The van der Waals surface area contributed by atoms with Crippen molar-refractivity contribution in [2.75, 3.05) is 33.2 Å². The smallest absolute Gasteiger partial charge is 0.239 e. The van der Waals surface area contributed by atoms with Crippen molar-refractivity contribution in [2.45, 2.75) is 57.4 Å². The number of amides is 2. The van der Waals surface area contributed by atoms with Crippen LogP contribution in [0.3, 0.4) is 0 Å². The fourth-order valence-electron chi connectivity index (χ4n) is 4.45. The lowest BCUT2D eigenvalue weighted by molar-refractivity contribution is -0.121. The lowest BCUT2D eigenvalue weighted by Gasteiger charge is -2.40. The molecule has 3 fully saturated rings. The number of aliphatic imine (C=N–C) groups is 1. The molecule has 3 aliphatic rings. The van der Waals surface area contributed by atoms with E-state index in [1.165, 1.54) is 19.3 Å². The lowest BCUT2D eigenvalue weighted by Crippen LogP contribution is -2.53. The van der Waals surface area contributed by atoms with E-state index in [0.717, 1.165) is 51.3 Å². The Morgan fingerprint density at radius 1 is 1.31 bits per heavy atom. The molecule has 26 heavy (non-hydrogen) atoms. The van der Waals surface area contributed by atoms with Gasteiger partial charge in [0.1, 0.15) is 0 Å². The zero-order valence-electron chi connectivity index (χ0n) is 15.7. The second-order valence-corrected chi connectivity index (χ2v) is 7.78. The van der Waals surface area contributed by atoms with Crippen molar-refractivity contribution in [3.8, 4) is 0 Å². The van der Waals surface area contributed by atoms with Crippen molar-refractivity contribution in [1.29, 1.82) is 0 Å². The molecule has 3 rings (SSSR count). The van der Waals surface area contributed by atoms with Crippen LogP contribution in [-0.2, 0) is 9.59 Å². The third-order valence-corrected chi connectivity index (χ3v) is 5.75. The molecule has 1 saturated carbocycles. The summed E-state index contributed by atoms with van der Waals surface area (Å²) in [6.07, 6.45) is 8.61. The molecule has 148 valence electrons. The van der Waals surface area contributed by atoms with Crippen molar-refractivity contribution < 1.29 is 9.59 Å². The van der Waals surface area contributed by atoms with Gasteiger partial charge in [-0.2, -0.15) is 0 Å². The predicted molar refractivity (Wildman–Crippen MR) is 113 cm³/mol. The zero-order valence-corrected chi connectivity index (χ0v) is 18.0. The summed E-state index contributed by atoms with van der Waals surface area (Å²) in [5.74, 6) is 0.950. The summed E-state index contributed by atoms with van der Waals surface area (Å²) in [6.45, 7) is 2.74. The van der Waals surface area contributed by atoms with Crippen LogP contribution >= 0.6 is 24.0 Å². The van der Waals surface area contributed by atoms with Crippen LogP contribution in [0.15, 0.2) is 4.99 Å². The van der Waals surface area contributed by atoms with Crippen LogP contribution in [0.4, 0.5) is 0 Å². The highest BCUT2D eigenvalue weighted by molar-refractivity contribution is 14.0. The number of likely N-dealkylation sites (tertiary alicyclic amines) is 1. The summed E-state index contributed by atoms with van der Waals surface area (Å²) in [4.78, 5) is 30.4. The van der Waals surface area contributed by atoms with Gasteiger partial charge in [0.15, 0.2) is 5.96 Å². The van der Waals surface area contributed by atoms with Crippen molar-refractivity contribution in [3.05, 3.63) is 0 Å². The molecule has 0 bridgehead atoms. The monoisotopic (exact) mass is 477 g/mol. The second-order valence-electron chi connectivity index (χ2n) is 7.78. The second kappa shape index (κ2) is 9.75. The summed E-state index contributed by atoms with van der Waals surface area (Å²) in [5, 5.41) is 9.29. The van der Waals surface area contributed by atoms with Gasteiger partial charge in [0.05, 0.1) is 6.54 Å². The first-order valence-corrected chi connectivity index (χ1v) is 9.62. The average molecular weight is 477 g/mol. The van der Waals surface area contributed by atoms with Crippen molar-refractivity contribution >= 4 is 41.8 Å². The number of rotatable bonds is 3. The van der Waals surface area contributed by atoms with E-state index in [-0.39, 0.29) is 47.8 Å². The Kier molecular flexibility index (Phi) is 7.97. The number of nitrogens with one attached hydrogen (secondary N) is 3. The Morgan fingerprint density at radius 2 is 2.08 bits per heavy atom. The van der Waals surface area contributed by atoms with Crippen LogP contribution in [0.2, 0.25) is 0 Å². The fourth-order valence-corrected chi connectivity index (χ4v) is 4.45. The van der Waals surface area contributed by atoms with Crippen LogP contribution < -0.4 is 16.0 Å². The van der Waals surface area contributed by atoms with Gasteiger partial charge in [-0.05, 0) is 25.7 Å². The van der Waals surface area contributed by atoms with Gasteiger partial charge in [-0.1, -0.05) is 19.3 Å². The number of carbonyl (C=O) groups excluding carboxylic acids is 2. The van der Waals surface area contributed by atoms with Gasteiger partial charge >= 0.3 is 0 Å². The van der Waals surface area contributed by atoms with Crippen LogP contribution in [0, 0.1) is 5.41 Å². The van der Waals surface area contributed by atoms with Gasteiger partial charge in [0, 0.05) is 44.6 Å². The first-order chi connectivity index (χ1) is 12.1. The molecule has 0 radical (unpaired) electrons. The number of hydrogen-bond acceptors (Lipinski definition) is 3. The minimum Gasteiger partial charge on any atom is -0.355 e.